The maximum Gasteiger partial charge on any atom is 0.228 e. The molecule has 0 aliphatic heterocycles. The van der Waals surface area contributed by atoms with Crippen LogP contribution in [-0.2, 0) is 9.59 Å². The van der Waals surface area contributed by atoms with Gasteiger partial charge in [-0.05, 0) is 18.2 Å². The molecule has 1 aromatic carbocycles. The van der Waals surface area contributed by atoms with E-state index in [0.29, 0.717) is 6.42 Å². The number of anilines is 1. The van der Waals surface area contributed by atoms with Crippen molar-refractivity contribution in [3.05, 3.63) is 42.5 Å². The van der Waals surface area contributed by atoms with Gasteiger partial charge in [-0.25, -0.2) is 0 Å². The molecule has 0 spiro atoms. The zero-order valence-corrected chi connectivity index (χ0v) is 9.27. The number of hydrogen-bond donors (Lipinski definition) is 1. The highest BCUT2D eigenvalue weighted by atomic mass is 16.1. The summed E-state index contributed by atoms with van der Waals surface area (Å²) in [5, 5.41) is 2.73. The highest BCUT2D eigenvalue weighted by molar-refractivity contribution is 5.93. The van der Waals surface area contributed by atoms with E-state index in [1.807, 2.05) is 30.3 Å². The predicted molar refractivity (Wildman–Crippen MR) is 64.1 cm³/mol. The molecule has 0 atom stereocenters. The molecule has 1 aromatic rings. The van der Waals surface area contributed by atoms with E-state index in [1.54, 1.807) is 13.0 Å². The summed E-state index contributed by atoms with van der Waals surface area (Å²) in [6, 6.07) is 9.23. The van der Waals surface area contributed by atoms with Gasteiger partial charge >= 0.3 is 0 Å². The molecule has 0 aromatic heterocycles. The number of amides is 1. The minimum Gasteiger partial charge on any atom is -0.326 e. The van der Waals surface area contributed by atoms with Crippen molar-refractivity contribution in [3.63, 3.8) is 0 Å². The molecule has 0 fully saturated rings. The van der Waals surface area contributed by atoms with Gasteiger partial charge in [-0.3, -0.25) is 9.59 Å². The molecule has 1 amide bonds. The first-order valence-corrected chi connectivity index (χ1v) is 5.26. The Balaban J connectivity index is 2.37. The first-order valence-electron chi connectivity index (χ1n) is 5.26. The number of benzene rings is 1. The quantitative estimate of drug-likeness (QED) is 0.770. The van der Waals surface area contributed by atoms with Crippen LogP contribution in [0.3, 0.4) is 0 Å². The van der Waals surface area contributed by atoms with Crippen LogP contribution in [-0.4, -0.2) is 11.7 Å². The van der Waals surface area contributed by atoms with Gasteiger partial charge in [0.2, 0.25) is 5.91 Å². The van der Waals surface area contributed by atoms with E-state index in [0.717, 1.165) is 5.69 Å². The number of para-hydroxylation sites is 1. The molecule has 0 aliphatic rings. The summed E-state index contributed by atoms with van der Waals surface area (Å²) in [6.45, 7) is 1.79. The van der Waals surface area contributed by atoms with Crippen molar-refractivity contribution in [1.82, 2.24) is 0 Å². The molecule has 0 aliphatic carbocycles. The summed E-state index contributed by atoms with van der Waals surface area (Å²) < 4.78 is 0. The third-order valence-corrected chi connectivity index (χ3v) is 2.01. The number of allylic oxidation sites excluding steroid dienone is 1. The zero-order valence-electron chi connectivity index (χ0n) is 9.27. The molecule has 0 radical (unpaired) electrons. The van der Waals surface area contributed by atoms with Gasteiger partial charge in [-0.15, -0.1) is 0 Å². The van der Waals surface area contributed by atoms with Crippen molar-refractivity contribution in [2.75, 3.05) is 5.32 Å². The van der Waals surface area contributed by atoms with E-state index in [4.69, 9.17) is 0 Å². The Kier molecular flexibility index (Phi) is 4.99. The van der Waals surface area contributed by atoms with Crippen molar-refractivity contribution in [3.8, 4) is 0 Å². The molecule has 3 heteroatoms. The second-order valence-corrected chi connectivity index (χ2v) is 3.34. The van der Waals surface area contributed by atoms with Crippen LogP contribution in [0.4, 0.5) is 5.69 Å². The molecule has 3 nitrogen and oxygen atoms in total. The van der Waals surface area contributed by atoms with E-state index in [2.05, 4.69) is 5.32 Å². The molecular weight excluding hydrogens is 202 g/mol. The first-order chi connectivity index (χ1) is 7.72. The summed E-state index contributed by atoms with van der Waals surface area (Å²) in [5.74, 6) is -0.0844. The smallest absolute Gasteiger partial charge is 0.228 e. The SMILES string of the molecule is CCC(=O)/C=C/CC(=O)Nc1ccccc1. The lowest BCUT2D eigenvalue weighted by Gasteiger charge is -2.01. The lowest BCUT2D eigenvalue weighted by molar-refractivity contribution is -0.115. The third kappa shape index (κ3) is 4.55. The molecule has 0 saturated heterocycles. The fraction of sp³-hybridized carbons (Fsp3) is 0.231. The topological polar surface area (TPSA) is 46.2 Å². The van der Waals surface area contributed by atoms with Crippen LogP contribution in [0.15, 0.2) is 42.5 Å². The van der Waals surface area contributed by atoms with Crippen molar-refractivity contribution >= 4 is 17.4 Å². The molecule has 0 unspecified atom stereocenters. The summed E-state index contributed by atoms with van der Waals surface area (Å²) in [4.78, 5) is 22.3. The van der Waals surface area contributed by atoms with Crippen LogP contribution >= 0.6 is 0 Å². The largest absolute Gasteiger partial charge is 0.326 e. The van der Waals surface area contributed by atoms with Crippen molar-refractivity contribution < 1.29 is 9.59 Å². The zero-order chi connectivity index (χ0) is 11.8. The van der Waals surface area contributed by atoms with Crippen molar-refractivity contribution in [2.24, 2.45) is 0 Å². The molecule has 16 heavy (non-hydrogen) atoms. The Hall–Kier alpha value is -1.90. The lowest BCUT2D eigenvalue weighted by Crippen LogP contribution is -2.09. The van der Waals surface area contributed by atoms with E-state index >= 15 is 0 Å². The highest BCUT2D eigenvalue weighted by Gasteiger charge is 1.98. The second-order valence-electron chi connectivity index (χ2n) is 3.34. The van der Waals surface area contributed by atoms with E-state index < -0.39 is 0 Å². The Bertz CT molecular complexity index is 382. The van der Waals surface area contributed by atoms with Crippen molar-refractivity contribution in [1.29, 1.82) is 0 Å². The molecule has 1 rings (SSSR count). The highest BCUT2D eigenvalue weighted by Crippen LogP contribution is 2.05. The molecule has 0 saturated carbocycles. The van der Waals surface area contributed by atoms with Gasteiger partial charge in [-0.1, -0.05) is 31.2 Å². The van der Waals surface area contributed by atoms with Gasteiger partial charge in [0.25, 0.3) is 0 Å². The predicted octanol–water partition coefficient (Wildman–Crippen LogP) is 2.55. The van der Waals surface area contributed by atoms with Gasteiger partial charge in [0.05, 0.1) is 0 Å². The fourth-order valence-corrected chi connectivity index (χ4v) is 1.15. The Morgan fingerprint density at radius 3 is 2.56 bits per heavy atom. The molecule has 0 heterocycles. The van der Waals surface area contributed by atoms with Gasteiger partial charge in [-0.2, -0.15) is 0 Å². The number of carbonyl (C=O) groups is 2. The number of hydrogen-bond acceptors (Lipinski definition) is 2. The maximum atomic E-state index is 11.4. The van der Waals surface area contributed by atoms with E-state index in [9.17, 15) is 9.59 Å². The maximum absolute atomic E-state index is 11.4. The summed E-state index contributed by atoms with van der Waals surface area (Å²) in [7, 11) is 0. The van der Waals surface area contributed by atoms with Gasteiger partial charge in [0, 0.05) is 18.5 Å². The second kappa shape index (κ2) is 6.56. The fourth-order valence-electron chi connectivity index (χ4n) is 1.15. The molecule has 1 N–H and O–H groups in total. The minimum absolute atomic E-state index is 0.0347. The summed E-state index contributed by atoms with van der Waals surface area (Å²) in [6.07, 6.45) is 3.73. The van der Waals surface area contributed by atoms with Gasteiger partial charge < -0.3 is 5.32 Å². The molecule has 0 bridgehead atoms. The van der Waals surface area contributed by atoms with E-state index in [1.165, 1.54) is 6.08 Å². The summed E-state index contributed by atoms with van der Waals surface area (Å²) >= 11 is 0. The monoisotopic (exact) mass is 217 g/mol. The third-order valence-electron chi connectivity index (χ3n) is 2.01. The first kappa shape index (κ1) is 12.2. The Labute approximate surface area is 95.2 Å². The van der Waals surface area contributed by atoms with Crippen LogP contribution < -0.4 is 5.32 Å². The minimum atomic E-state index is -0.119. The van der Waals surface area contributed by atoms with Gasteiger partial charge in [0.15, 0.2) is 5.78 Å². The van der Waals surface area contributed by atoms with E-state index in [-0.39, 0.29) is 18.1 Å². The Morgan fingerprint density at radius 1 is 1.25 bits per heavy atom. The number of ketones is 1. The molecular formula is C13H15NO2. The normalized spacial score (nSPS) is 10.3. The van der Waals surface area contributed by atoms with Crippen LogP contribution in [0.1, 0.15) is 19.8 Å². The average Bonchev–Trinajstić information content (AvgIpc) is 2.30. The van der Waals surface area contributed by atoms with Gasteiger partial charge in [0.1, 0.15) is 0 Å². The van der Waals surface area contributed by atoms with Crippen molar-refractivity contribution in [2.45, 2.75) is 19.8 Å². The molecule has 84 valence electrons. The van der Waals surface area contributed by atoms with Crippen LogP contribution in [0.25, 0.3) is 0 Å². The Morgan fingerprint density at radius 2 is 1.94 bits per heavy atom. The summed E-state index contributed by atoms with van der Waals surface area (Å²) in [5.41, 5.74) is 0.766. The number of rotatable bonds is 5. The van der Waals surface area contributed by atoms with Crippen LogP contribution in [0, 0.1) is 0 Å². The number of nitrogens with one attached hydrogen (secondary N) is 1. The standard InChI is InChI=1S/C13H15NO2/c1-2-12(15)9-6-10-13(16)14-11-7-4-3-5-8-11/h3-9H,2,10H2,1H3,(H,14,16)/b9-6+. The lowest BCUT2D eigenvalue weighted by atomic mass is 10.2. The average molecular weight is 217 g/mol. The van der Waals surface area contributed by atoms with Crippen LogP contribution in [0.2, 0.25) is 0 Å². The number of carbonyl (C=O) groups excluding carboxylic acids is 2. The van der Waals surface area contributed by atoms with Crippen LogP contribution in [0.5, 0.6) is 0 Å².